The second kappa shape index (κ2) is 7.25. The molecule has 0 aliphatic carbocycles. The van der Waals surface area contributed by atoms with E-state index >= 15 is 0 Å². The van der Waals surface area contributed by atoms with Crippen LogP contribution in [0.25, 0.3) is 0 Å². The van der Waals surface area contributed by atoms with Crippen molar-refractivity contribution in [2.24, 2.45) is 0 Å². The number of H-pyrrole nitrogens is 1. The van der Waals surface area contributed by atoms with Crippen LogP contribution < -0.4 is 0 Å². The summed E-state index contributed by atoms with van der Waals surface area (Å²) in [6, 6.07) is 0. The third kappa shape index (κ3) is 7.03. The summed E-state index contributed by atoms with van der Waals surface area (Å²) in [6.07, 6.45) is 5.74. The molecule has 0 fully saturated rings. The smallest absolute Gasteiger partial charge is 0.0793 e. The molecule has 0 bridgehead atoms. The molecule has 1 aromatic rings. The topological polar surface area (TPSA) is 41.6 Å². The van der Waals surface area contributed by atoms with Gasteiger partial charge in [-0.3, -0.25) is 0 Å². The van der Waals surface area contributed by atoms with E-state index in [4.69, 9.17) is 0 Å². The maximum atomic E-state index is 3.68. The first-order valence-corrected chi connectivity index (χ1v) is 4.13. The molecule has 64 valence electrons. The monoisotopic (exact) mass is 155 g/mol. The average molecular weight is 155 g/mol. The van der Waals surface area contributed by atoms with Gasteiger partial charge in [0.15, 0.2) is 0 Å². The lowest BCUT2D eigenvalue weighted by atomic mass is 10.3. The quantitative estimate of drug-likeness (QED) is 0.712. The van der Waals surface area contributed by atoms with Gasteiger partial charge in [-0.1, -0.05) is 33.1 Å². The molecule has 1 aromatic heterocycles. The molecule has 1 N–H and O–H groups in total. The average Bonchev–Trinajstić information content (AvgIpc) is 2.43. The number of hydrogen-bond acceptors (Lipinski definition) is 2. The molecule has 0 atom stereocenters. The molecule has 0 unspecified atom stereocenters. The van der Waals surface area contributed by atoms with Crippen molar-refractivity contribution in [2.45, 2.75) is 40.0 Å². The summed E-state index contributed by atoms with van der Waals surface area (Å²) in [4.78, 5) is 0. The molecule has 1 rings (SSSR count). The molecule has 0 aliphatic rings. The zero-order valence-corrected chi connectivity index (χ0v) is 7.59. The van der Waals surface area contributed by atoms with Crippen molar-refractivity contribution >= 4 is 0 Å². The summed E-state index contributed by atoms with van der Waals surface area (Å²) in [6.45, 7) is 6.30. The zero-order chi connectivity index (χ0) is 8.53. The van der Waals surface area contributed by atoms with Crippen molar-refractivity contribution in [3.8, 4) is 0 Å². The molecule has 0 spiro atoms. The van der Waals surface area contributed by atoms with E-state index in [9.17, 15) is 0 Å². The summed E-state index contributed by atoms with van der Waals surface area (Å²) >= 11 is 0. The molecule has 3 nitrogen and oxygen atoms in total. The third-order valence-electron chi connectivity index (χ3n) is 1.24. The standard InChI is InChI=1S/C5H12.C3H5N3/c1-3-5-4-2;1-3-2-4-6-5-3/h3-5H2,1-2H3;2H,1H3,(H,4,5,6). The van der Waals surface area contributed by atoms with E-state index in [1.54, 1.807) is 6.20 Å². The van der Waals surface area contributed by atoms with E-state index in [1.165, 1.54) is 19.3 Å². The van der Waals surface area contributed by atoms with E-state index in [0.717, 1.165) is 5.69 Å². The van der Waals surface area contributed by atoms with Crippen LogP contribution in [0.4, 0.5) is 0 Å². The van der Waals surface area contributed by atoms with Crippen LogP contribution in [-0.4, -0.2) is 15.4 Å². The first kappa shape index (κ1) is 10.1. The molecular weight excluding hydrogens is 138 g/mol. The van der Waals surface area contributed by atoms with Gasteiger partial charge in [-0.05, 0) is 6.92 Å². The molecule has 0 saturated heterocycles. The molecule has 0 radical (unpaired) electrons. The Morgan fingerprint density at radius 3 is 2.09 bits per heavy atom. The molecule has 0 aromatic carbocycles. The maximum Gasteiger partial charge on any atom is 0.0793 e. The second-order valence-electron chi connectivity index (χ2n) is 2.46. The Balaban J connectivity index is 0.000000187. The van der Waals surface area contributed by atoms with Crippen molar-refractivity contribution in [2.75, 3.05) is 0 Å². The van der Waals surface area contributed by atoms with E-state index < -0.39 is 0 Å². The summed E-state index contributed by atoms with van der Waals surface area (Å²) in [5.74, 6) is 0. The minimum absolute atomic E-state index is 0.926. The summed E-state index contributed by atoms with van der Waals surface area (Å²) in [5, 5.41) is 9.70. The van der Waals surface area contributed by atoms with E-state index in [1.807, 2.05) is 6.92 Å². The minimum Gasteiger partial charge on any atom is -0.198 e. The number of aromatic nitrogens is 3. The summed E-state index contributed by atoms with van der Waals surface area (Å²) in [7, 11) is 0. The minimum atomic E-state index is 0.926. The van der Waals surface area contributed by atoms with Gasteiger partial charge in [0.1, 0.15) is 0 Å². The van der Waals surface area contributed by atoms with Crippen LogP contribution in [-0.2, 0) is 0 Å². The fourth-order valence-electron chi connectivity index (χ4n) is 0.612. The van der Waals surface area contributed by atoms with Crippen LogP contribution in [0.5, 0.6) is 0 Å². The number of aryl methyl sites for hydroxylation is 1. The van der Waals surface area contributed by atoms with Gasteiger partial charge < -0.3 is 0 Å². The number of aromatic amines is 1. The Kier molecular flexibility index (Phi) is 6.68. The zero-order valence-electron chi connectivity index (χ0n) is 7.59. The van der Waals surface area contributed by atoms with Crippen LogP contribution in [0.15, 0.2) is 6.20 Å². The predicted molar refractivity (Wildman–Crippen MR) is 46.3 cm³/mol. The maximum absolute atomic E-state index is 3.68. The summed E-state index contributed by atoms with van der Waals surface area (Å²) in [5.41, 5.74) is 0.926. The lowest BCUT2D eigenvalue weighted by molar-refractivity contribution is 0.772. The number of rotatable bonds is 2. The van der Waals surface area contributed by atoms with Crippen LogP contribution >= 0.6 is 0 Å². The van der Waals surface area contributed by atoms with E-state index in [0.29, 0.717) is 0 Å². The van der Waals surface area contributed by atoms with Gasteiger partial charge >= 0.3 is 0 Å². The molecule has 0 aliphatic heterocycles. The second-order valence-corrected chi connectivity index (χ2v) is 2.46. The highest BCUT2D eigenvalue weighted by Gasteiger charge is 1.76. The molecule has 11 heavy (non-hydrogen) atoms. The molecule has 0 amide bonds. The molecule has 3 heteroatoms. The number of hydrogen-bond donors (Lipinski definition) is 1. The third-order valence-corrected chi connectivity index (χ3v) is 1.24. The van der Waals surface area contributed by atoms with Crippen LogP contribution in [0.3, 0.4) is 0 Å². The highest BCUT2D eigenvalue weighted by molar-refractivity contribution is 4.82. The van der Waals surface area contributed by atoms with Crippen molar-refractivity contribution in [3.05, 3.63) is 11.9 Å². The fraction of sp³-hybridized carbons (Fsp3) is 0.750. The van der Waals surface area contributed by atoms with Gasteiger partial charge in [0.05, 0.1) is 11.9 Å². The van der Waals surface area contributed by atoms with Crippen LogP contribution in [0.1, 0.15) is 38.8 Å². The first-order valence-electron chi connectivity index (χ1n) is 4.13. The van der Waals surface area contributed by atoms with E-state index in [2.05, 4.69) is 29.3 Å². The van der Waals surface area contributed by atoms with Gasteiger partial charge in [0.2, 0.25) is 0 Å². The first-order chi connectivity index (χ1) is 5.31. The normalized spacial score (nSPS) is 8.64. The van der Waals surface area contributed by atoms with Crippen molar-refractivity contribution in [1.82, 2.24) is 15.4 Å². The lowest BCUT2D eigenvalue weighted by Gasteiger charge is -1.79. The fourth-order valence-corrected chi connectivity index (χ4v) is 0.612. The Morgan fingerprint density at radius 1 is 1.36 bits per heavy atom. The van der Waals surface area contributed by atoms with Crippen molar-refractivity contribution in [3.63, 3.8) is 0 Å². The highest BCUT2D eigenvalue weighted by Crippen LogP contribution is 1.88. The predicted octanol–water partition coefficient (Wildman–Crippen LogP) is 2.31. The lowest BCUT2D eigenvalue weighted by Crippen LogP contribution is -1.66. The Morgan fingerprint density at radius 2 is 2.00 bits per heavy atom. The molecule has 1 heterocycles. The van der Waals surface area contributed by atoms with Gasteiger partial charge in [-0.25, -0.2) is 0 Å². The van der Waals surface area contributed by atoms with Gasteiger partial charge in [0.25, 0.3) is 0 Å². The number of unbranched alkanes of at least 4 members (excludes halogenated alkanes) is 2. The Labute approximate surface area is 68.2 Å². The Hall–Kier alpha value is -0.860. The molecule has 0 saturated carbocycles. The van der Waals surface area contributed by atoms with Crippen molar-refractivity contribution < 1.29 is 0 Å². The highest BCUT2D eigenvalue weighted by atomic mass is 15.3. The van der Waals surface area contributed by atoms with Gasteiger partial charge in [-0.2, -0.15) is 15.4 Å². The van der Waals surface area contributed by atoms with Gasteiger partial charge in [0, 0.05) is 0 Å². The van der Waals surface area contributed by atoms with Crippen LogP contribution in [0.2, 0.25) is 0 Å². The summed E-state index contributed by atoms with van der Waals surface area (Å²) < 4.78 is 0. The largest absolute Gasteiger partial charge is 0.198 e. The van der Waals surface area contributed by atoms with E-state index in [-0.39, 0.29) is 0 Å². The molecular formula is C8H17N3. The van der Waals surface area contributed by atoms with Crippen molar-refractivity contribution in [1.29, 1.82) is 0 Å². The number of nitrogens with one attached hydrogen (secondary N) is 1. The Bertz CT molecular complexity index is 144. The van der Waals surface area contributed by atoms with Crippen LogP contribution in [0, 0.1) is 6.92 Å². The van der Waals surface area contributed by atoms with Gasteiger partial charge in [-0.15, -0.1) is 0 Å². The SMILES string of the molecule is CCCCC.Cc1cn[nH]n1. The number of nitrogens with zero attached hydrogens (tertiary/aromatic N) is 2.